The molecule has 0 aliphatic rings. The second-order valence-electron chi connectivity index (χ2n) is 14.4. The fraction of sp³-hybridized carbons (Fsp3) is 0. The van der Waals surface area contributed by atoms with Gasteiger partial charge in [-0.2, -0.15) is 9.97 Å². The number of imidazole rings is 1. The van der Waals surface area contributed by atoms with E-state index in [0.29, 0.717) is 17.6 Å². The van der Waals surface area contributed by atoms with E-state index in [9.17, 15) is 0 Å². The molecule has 0 N–H and O–H groups in total. The zero-order chi connectivity index (χ0) is 38.2. The van der Waals surface area contributed by atoms with Crippen LogP contribution in [-0.4, -0.2) is 38.9 Å². The van der Waals surface area contributed by atoms with Crippen molar-refractivity contribution in [2.75, 3.05) is 0 Å². The highest BCUT2D eigenvalue weighted by molar-refractivity contribution is 6.26. The molecule has 0 spiro atoms. The Morgan fingerprint density at radius 2 is 0.966 bits per heavy atom. The van der Waals surface area contributed by atoms with Crippen LogP contribution in [0.4, 0.5) is 0 Å². The predicted octanol–water partition coefficient (Wildman–Crippen LogP) is 11.5. The molecule has 0 unspecified atom stereocenters. The molecule has 270 valence electrons. The van der Waals surface area contributed by atoms with Gasteiger partial charge in [-0.3, -0.25) is 18.9 Å². The van der Waals surface area contributed by atoms with Crippen molar-refractivity contribution in [1.82, 2.24) is 38.9 Å². The van der Waals surface area contributed by atoms with Crippen LogP contribution in [0.2, 0.25) is 0 Å². The molecule has 6 aromatic carbocycles. The van der Waals surface area contributed by atoms with Gasteiger partial charge in [0.25, 0.3) is 0 Å². The molecular weight excluding hydrogens is 713 g/mol. The van der Waals surface area contributed by atoms with Gasteiger partial charge in [0.15, 0.2) is 11.6 Å². The summed E-state index contributed by atoms with van der Waals surface area (Å²) in [5.41, 5.74) is 11.4. The quantitative estimate of drug-likeness (QED) is 0.163. The molecule has 8 heteroatoms. The van der Waals surface area contributed by atoms with Crippen molar-refractivity contribution in [1.29, 1.82) is 0 Å². The molecule has 0 bridgehead atoms. The Bertz CT molecular complexity index is 3470. The average molecular weight is 743 g/mol. The third-order valence-electron chi connectivity index (χ3n) is 11.0. The second kappa shape index (κ2) is 12.7. The van der Waals surface area contributed by atoms with Gasteiger partial charge in [0.1, 0.15) is 5.65 Å². The van der Waals surface area contributed by atoms with Crippen LogP contribution in [0.1, 0.15) is 0 Å². The smallest absolute Gasteiger partial charge is 0.238 e. The van der Waals surface area contributed by atoms with Crippen LogP contribution < -0.4 is 0 Å². The number of hydrogen-bond donors (Lipinski definition) is 0. The van der Waals surface area contributed by atoms with E-state index in [4.69, 9.17) is 19.9 Å². The summed E-state index contributed by atoms with van der Waals surface area (Å²) < 4.78 is 4.52. The summed E-state index contributed by atoms with van der Waals surface area (Å²) in [6, 6.07) is 58.3. The number of benzene rings is 6. The van der Waals surface area contributed by atoms with Crippen LogP contribution >= 0.6 is 0 Å². The van der Waals surface area contributed by atoms with Gasteiger partial charge < -0.3 is 0 Å². The number of rotatable bonds is 5. The summed E-state index contributed by atoms with van der Waals surface area (Å²) in [6.07, 6.45) is 3.62. The average Bonchev–Trinajstić information content (AvgIpc) is 3.86. The van der Waals surface area contributed by atoms with E-state index in [2.05, 4.69) is 128 Å². The SMILES string of the molecule is c1ccc(-c2cccc(-c3nc(-c4cccc(-c5ccccn5)c4)nc(-n4c5ccccc5c5c4ccc4c6ccccc6c6nc7ccccc7n6c45)n3)c2)nc1. The van der Waals surface area contributed by atoms with Crippen molar-refractivity contribution in [3.63, 3.8) is 0 Å². The van der Waals surface area contributed by atoms with Crippen LogP contribution in [-0.2, 0) is 0 Å². The van der Waals surface area contributed by atoms with Crippen molar-refractivity contribution < 1.29 is 0 Å². The molecule has 0 radical (unpaired) electrons. The van der Waals surface area contributed by atoms with E-state index in [1.807, 2.05) is 73.1 Å². The van der Waals surface area contributed by atoms with Gasteiger partial charge >= 0.3 is 0 Å². The summed E-state index contributed by atoms with van der Waals surface area (Å²) in [7, 11) is 0. The van der Waals surface area contributed by atoms with Crippen molar-refractivity contribution in [3.8, 4) is 51.2 Å². The van der Waals surface area contributed by atoms with Crippen LogP contribution in [0.3, 0.4) is 0 Å². The van der Waals surface area contributed by atoms with Crippen LogP contribution in [0, 0.1) is 0 Å². The standard InChI is InChI=1S/C50H30N8/c1-2-18-37-35(17-1)36-25-26-44-45(46(36)58-43-24-6-4-22-41(43)53-49(37)58)38-19-3-5-23-42(38)57(44)50-55-47(33-15-11-13-31(29-33)39-20-7-9-27-51-39)54-48(56-50)34-16-12-14-32(30-34)40-21-8-10-28-52-40/h1-30H. The number of nitrogens with zero attached hydrogens (tertiary/aromatic N) is 8. The molecule has 0 saturated carbocycles. The van der Waals surface area contributed by atoms with Gasteiger partial charge in [0, 0.05) is 56.2 Å². The van der Waals surface area contributed by atoms with Crippen LogP contribution in [0.5, 0.6) is 0 Å². The predicted molar refractivity (Wildman–Crippen MR) is 233 cm³/mol. The number of fused-ring (bicyclic) bond motifs is 12. The number of hydrogen-bond acceptors (Lipinski definition) is 6. The summed E-state index contributed by atoms with van der Waals surface area (Å²) in [6.45, 7) is 0. The molecule has 0 amide bonds. The molecule has 0 saturated heterocycles. The summed E-state index contributed by atoms with van der Waals surface area (Å²) in [5.74, 6) is 1.63. The summed E-state index contributed by atoms with van der Waals surface area (Å²) >= 11 is 0. The monoisotopic (exact) mass is 742 g/mol. The number of aromatic nitrogens is 8. The van der Waals surface area contributed by atoms with E-state index in [1.54, 1.807) is 0 Å². The largest absolute Gasteiger partial charge is 0.291 e. The highest BCUT2D eigenvalue weighted by atomic mass is 15.2. The fourth-order valence-corrected chi connectivity index (χ4v) is 8.48. The Balaban J connectivity index is 1.18. The van der Waals surface area contributed by atoms with E-state index in [1.165, 1.54) is 0 Å². The van der Waals surface area contributed by atoms with E-state index in [0.717, 1.165) is 93.8 Å². The van der Waals surface area contributed by atoms with Crippen molar-refractivity contribution in [2.24, 2.45) is 0 Å². The Kier molecular flexibility index (Phi) is 7.06. The lowest BCUT2D eigenvalue weighted by Crippen LogP contribution is -2.06. The Labute approximate surface area is 331 Å². The third-order valence-corrected chi connectivity index (χ3v) is 11.0. The zero-order valence-electron chi connectivity index (χ0n) is 30.9. The molecule has 6 aromatic heterocycles. The number of pyridine rings is 3. The molecule has 0 aliphatic heterocycles. The van der Waals surface area contributed by atoms with E-state index < -0.39 is 0 Å². The first-order valence-corrected chi connectivity index (χ1v) is 19.2. The Morgan fingerprint density at radius 1 is 0.379 bits per heavy atom. The van der Waals surface area contributed by atoms with Gasteiger partial charge in [-0.15, -0.1) is 0 Å². The molecule has 12 rings (SSSR count). The van der Waals surface area contributed by atoms with Crippen molar-refractivity contribution in [2.45, 2.75) is 0 Å². The number of para-hydroxylation sites is 3. The summed E-state index contributed by atoms with van der Waals surface area (Å²) in [5, 5.41) is 5.61. The zero-order valence-corrected chi connectivity index (χ0v) is 30.9. The normalized spacial score (nSPS) is 11.8. The minimum absolute atomic E-state index is 0.518. The molecule has 58 heavy (non-hydrogen) atoms. The van der Waals surface area contributed by atoms with Gasteiger partial charge in [-0.25, -0.2) is 9.97 Å². The fourth-order valence-electron chi connectivity index (χ4n) is 8.48. The Morgan fingerprint density at radius 3 is 1.64 bits per heavy atom. The maximum Gasteiger partial charge on any atom is 0.238 e. The van der Waals surface area contributed by atoms with Crippen LogP contribution in [0.15, 0.2) is 182 Å². The van der Waals surface area contributed by atoms with Crippen molar-refractivity contribution in [3.05, 3.63) is 182 Å². The summed E-state index contributed by atoms with van der Waals surface area (Å²) in [4.78, 5) is 30.3. The minimum atomic E-state index is 0.518. The maximum atomic E-state index is 5.31. The Hall–Kier alpha value is -8.10. The van der Waals surface area contributed by atoms with Crippen LogP contribution in [0.25, 0.3) is 111 Å². The highest BCUT2D eigenvalue weighted by Crippen LogP contribution is 2.41. The first-order chi connectivity index (χ1) is 28.8. The molecular formula is C50H30N8. The first kappa shape index (κ1) is 32.2. The second-order valence-corrected chi connectivity index (χ2v) is 14.4. The topological polar surface area (TPSA) is 86.7 Å². The molecule has 0 fully saturated rings. The molecule has 8 nitrogen and oxygen atoms in total. The third kappa shape index (κ3) is 4.95. The maximum absolute atomic E-state index is 5.31. The lowest BCUT2D eigenvalue weighted by Gasteiger charge is -2.13. The first-order valence-electron chi connectivity index (χ1n) is 19.2. The minimum Gasteiger partial charge on any atom is -0.291 e. The van der Waals surface area contributed by atoms with Gasteiger partial charge in [0.05, 0.1) is 39.0 Å². The lowest BCUT2D eigenvalue weighted by molar-refractivity contribution is 0.953. The van der Waals surface area contributed by atoms with Crippen molar-refractivity contribution >= 4 is 60.2 Å². The molecule has 0 aliphatic carbocycles. The molecule has 0 atom stereocenters. The molecule has 6 heterocycles. The molecule has 12 aromatic rings. The van der Waals surface area contributed by atoms with Gasteiger partial charge in [-0.1, -0.05) is 109 Å². The highest BCUT2D eigenvalue weighted by Gasteiger charge is 2.23. The van der Waals surface area contributed by atoms with Gasteiger partial charge in [-0.05, 0) is 66.0 Å². The van der Waals surface area contributed by atoms with E-state index in [-0.39, 0.29) is 0 Å². The van der Waals surface area contributed by atoms with Gasteiger partial charge in [0.2, 0.25) is 5.95 Å². The van der Waals surface area contributed by atoms with E-state index >= 15 is 0 Å². The lowest BCUT2D eigenvalue weighted by atomic mass is 10.0.